The number of carbonyl (C=O) groups excluding carboxylic acids is 3. The van der Waals surface area contributed by atoms with E-state index in [1.165, 1.54) is 0 Å². The van der Waals surface area contributed by atoms with Gasteiger partial charge in [0.15, 0.2) is 0 Å². The minimum atomic E-state index is -1.28. The third-order valence-electron chi connectivity index (χ3n) is 4.59. The van der Waals surface area contributed by atoms with Crippen LogP contribution in [0.15, 0.2) is 60.7 Å². The number of aliphatic hydroxyl groups excluding tert-OH is 1. The number of Topliss-reactive ketones (excluding diaryl/α,β-unsaturated/α-hetero) is 1. The smallest absolute Gasteiger partial charge is 0.407 e. The normalized spacial score (nSPS) is 12.9. The Morgan fingerprint density at radius 3 is 2.03 bits per heavy atom. The van der Waals surface area contributed by atoms with E-state index in [1.807, 2.05) is 60.7 Å². The summed E-state index contributed by atoms with van der Waals surface area (Å²) in [5.41, 5.74) is 1.01. The third kappa shape index (κ3) is 11.1. The lowest BCUT2D eigenvalue weighted by atomic mass is 10.0. The van der Waals surface area contributed by atoms with Crippen LogP contribution in [0.25, 0.3) is 0 Å². The SMILES string of the molecule is CC(C)(C)OC(=O)CC(=O)C[C@H](O)[C@H](COCc1ccccc1)NC(=O)OCc1ccccc1. The monoisotopic (exact) mass is 471 g/mol. The number of amides is 1. The molecule has 0 aliphatic carbocycles. The Morgan fingerprint density at radius 1 is 0.912 bits per heavy atom. The zero-order chi connectivity index (χ0) is 25.0. The lowest BCUT2D eigenvalue weighted by Crippen LogP contribution is -2.47. The quantitative estimate of drug-likeness (QED) is 0.360. The highest BCUT2D eigenvalue weighted by atomic mass is 16.6. The van der Waals surface area contributed by atoms with Gasteiger partial charge in [0.1, 0.15) is 24.4 Å². The second kappa shape index (κ2) is 13.5. The van der Waals surface area contributed by atoms with Crippen LogP contribution in [-0.4, -0.2) is 47.3 Å². The van der Waals surface area contributed by atoms with Crippen LogP contribution in [-0.2, 0) is 37.0 Å². The highest BCUT2D eigenvalue weighted by molar-refractivity contribution is 5.95. The molecule has 0 unspecified atom stereocenters. The number of ether oxygens (including phenoxy) is 3. The van der Waals surface area contributed by atoms with Crippen molar-refractivity contribution in [2.45, 2.75) is 64.6 Å². The van der Waals surface area contributed by atoms with Gasteiger partial charge in [0.2, 0.25) is 0 Å². The van der Waals surface area contributed by atoms with Gasteiger partial charge in [-0.1, -0.05) is 60.7 Å². The molecule has 184 valence electrons. The van der Waals surface area contributed by atoms with Gasteiger partial charge in [-0.15, -0.1) is 0 Å². The summed E-state index contributed by atoms with van der Waals surface area (Å²) in [5.74, 6) is -1.17. The molecule has 0 aromatic heterocycles. The van der Waals surface area contributed by atoms with E-state index in [9.17, 15) is 19.5 Å². The Bertz CT molecular complexity index is 910. The Labute approximate surface area is 200 Å². The lowest BCUT2D eigenvalue weighted by Gasteiger charge is -2.24. The summed E-state index contributed by atoms with van der Waals surface area (Å²) in [6.45, 7) is 5.37. The van der Waals surface area contributed by atoms with E-state index in [1.54, 1.807) is 20.8 Å². The highest BCUT2D eigenvalue weighted by Gasteiger charge is 2.27. The van der Waals surface area contributed by atoms with Crippen LogP contribution in [0.1, 0.15) is 44.7 Å². The number of ketones is 1. The predicted octanol–water partition coefficient (Wildman–Crippen LogP) is 3.55. The van der Waals surface area contributed by atoms with E-state index in [4.69, 9.17) is 14.2 Å². The van der Waals surface area contributed by atoms with Crippen molar-refractivity contribution in [2.24, 2.45) is 0 Å². The van der Waals surface area contributed by atoms with Gasteiger partial charge in [-0.2, -0.15) is 0 Å². The first-order valence-electron chi connectivity index (χ1n) is 11.1. The Hall–Kier alpha value is -3.23. The minimum absolute atomic E-state index is 0.0535. The van der Waals surface area contributed by atoms with Crippen LogP contribution in [0, 0.1) is 0 Å². The average molecular weight is 472 g/mol. The largest absolute Gasteiger partial charge is 0.460 e. The molecule has 34 heavy (non-hydrogen) atoms. The summed E-state index contributed by atoms with van der Waals surface area (Å²) in [6, 6.07) is 17.6. The van der Waals surface area contributed by atoms with E-state index in [2.05, 4.69) is 5.32 Å². The number of alkyl carbamates (subject to hydrolysis) is 1. The first-order valence-corrected chi connectivity index (χ1v) is 11.1. The maximum atomic E-state index is 12.3. The van der Waals surface area contributed by atoms with Crippen molar-refractivity contribution in [3.05, 3.63) is 71.8 Å². The van der Waals surface area contributed by atoms with Crippen molar-refractivity contribution in [2.75, 3.05) is 6.61 Å². The van der Waals surface area contributed by atoms with Crippen LogP contribution in [0.4, 0.5) is 4.79 Å². The Balaban J connectivity index is 1.93. The molecule has 2 aromatic carbocycles. The van der Waals surface area contributed by atoms with E-state index in [0.29, 0.717) is 0 Å². The van der Waals surface area contributed by atoms with Crippen molar-refractivity contribution in [3.8, 4) is 0 Å². The van der Waals surface area contributed by atoms with Crippen LogP contribution in [0.3, 0.4) is 0 Å². The molecule has 8 nitrogen and oxygen atoms in total. The molecule has 0 saturated carbocycles. The topological polar surface area (TPSA) is 111 Å². The summed E-state index contributed by atoms with van der Waals surface area (Å²) in [5, 5.41) is 13.2. The van der Waals surface area contributed by atoms with E-state index in [-0.39, 0.29) is 26.2 Å². The molecule has 0 spiro atoms. The van der Waals surface area contributed by atoms with Gasteiger partial charge >= 0.3 is 12.1 Å². The van der Waals surface area contributed by atoms with Gasteiger partial charge in [-0.3, -0.25) is 9.59 Å². The first kappa shape index (κ1) is 27.0. The molecule has 1 amide bonds. The molecule has 0 bridgehead atoms. The van der Waals surface area contributed by atoms with Crippen molar-refractivity contribution in [1.29, 1.82) is 0 Å². The molecule has 0 heterocycles. The highest BCUT2D eigenvalue weighted by Crippen LogP contribution is 2.11. The summed E-state index contributed by atoms with van der Waals surface area (Å²) in [4.78, 5) is 36.5. The second-order valence-electron chi connectivity index (χ2n) is 8.89. The number of rotatable bonds is 12. The van der Waals surface area contributed by atoms with Crippen LogP contribution in [0.2, 0.25) is 0 Å². The molecular formula is C26H33NO7. The fourth-order valence-corrected chi connectivity index (χ4v) is 3.03. The number of carbonyl (C=O) groups is 3. The Kier molecular flexibility index (Phi) is 10.7. The molecule has 2 atom stereocenters. The number of aliphatic hydroxyl groups is 1. The maximum absolute atomic E-state index is 12.3. The summed E-state index contributed by atoms with van der Waals surface area (Å²) in [6.07, 6.45) is -2.85. The zero-order valence-electron chi connectivity index (χ0n) is 19.9. The standard InChI is InChI=1S/C26H33NO7/c1-26(2,3)34-24(30)15-21(28)14-23(29)22(18-32-16-19-10-6-4-7-11-19)27-25(31)33-17-20-12-8-5-9-13-20/h4-13,22-23,29H,14-18H2,1-3H3,(H,27,31)/t22-,23-/m0/s1. The van der Waals surface area contributed by atoms with Crippen molar-refractivity contribution in [3.63, 3.8) is 0 Å². The molecular weight excluding hydrogens is 438 g/mol. The number of hydrogen-bond donors (Lipinski definition) is 2. The fourth-order valence-electron chi connectivity index (χ4n) is 3.03. The molecule has 0 aliphatic rings. The maximum Gasteiger partial charge on any atom is 0.407 e. The molecule has 8 heteroatoms. The fraction of sp³-hybridized carbons (Fsp3) is 0.423. The van der Waals surface area contributed by atoms with Crippen molar-refractivity contribution >= 4 is 17.8 Å². The zero-order valence-corrected chi connectivity index (χ0v) is 19.9. The Morgan fingerprint density at radius 2 is 1.47 bits per heavy atom. The first-order chi connectivity index (χ1) is 16.1. The van der Waals surface area contributed by atoms with Crippen LogP contribution in [0.5, 0.6) is 0 Å². The van der Waals surface area contributed by atoms with Gasteiger partial charge in [-0.25, -0.2) is 4.79 Å². The molecule has 0 radical (unpaired) electrons. The molecule has 0 saturated heterocycles. The second-order valence-corrected chi connectivity index (χ2v) is 8.89. The lowest BCUT2D eigenvalue weighted by molar-refractivity contribution is -0.156. The average Bonchev–Trinajstić information content (AvgIpc) is 2.77. The van der Waals surface area contributed by atoms with Crippen LogP contribution >= 0.6 is 0 Å². The van der Waals surface area contributed by atoms with E-state index in [0.717, 1.165) is 11.1 Å². The van der Waals surface area contributed by atoms with Gasteiger partial charge in [0, 0.05) is 6.42 Å². The number of nitrogens with one attached hydrogen (secondary N) is 1. The predicted molar refractivity (Wildman–Crippen MR) is 126 cm³/mol. The van der Waals surface area contributed by atoms with Gasteiger partial charge in [-0.05, 0) is 31.9 Å². The number of esters is 1. The third-order valence-corrected chi connectivity index (χ3v) is 4.59. The molecule has 0 fully saturated rings. The number of benzene rings is 2. The number of hydrogen-bond acceptors (Lipinski definition) is 7. The molecule has 2 rings (SSSR count). The summed E-state index contributed by atoms with van der Waals surface area (Å²) in [7, 11) is 0. The molecule has 0 aliphatic heterocycles. The van der Waals surface area contributed by atoms with Gasteiger partial charge < -0.3 is 24.6 Å². The minimum Gasteiger partial charge on any atom is -0.460 e. The molecule has 2 aromatic rings. The summed E-state index contributed by atoms with van der Waals surface area (Å²) >= 11 is 0. The van der Waals surface area contributed by atoms with Gasteiger partial charge in [0.05, 0.1) is 25.4 Å². The van der Waals surface area contributed by atoms with Crippen LogP contribution < -0.4 is 5.32 Å². The van der Waals surface area contributed by atoms with E-state index < -0.39 is 42.0 Å². The van der Waals surface area contributed by atoms with Crippen molar-refractivity contribution in [1.82, 2.24) is 5.32 Å². The van der Waals surface area contributed by atoms with Crippen molar-refractivity contribution < 1.29 is 33.7 Å². The van der Waals surface area contributed by atoms with Gasteiger partial charge in [0.25, 0.3) is 0 Å². The summed E-state index contributed by atoms with van der Waals surface area (Å²) < 4.78 is 16.0. The molecule has 2 N–H and O–H groups in total. The van der Waals surface area contributed by atoms with E-state index >= 15 is 0 Å².